The minimum absolute atomic E-state index is 0.847. The third-order valence-corrected chi connectivity index (χ3v) is 2.90. The molecule has 0 radical (unpaired) electrons. The van der Waals surface area contributed by atoms with Crippen molar-refractivity contribution in [2.75, 3.05) is 6.54 Å². The molecule has 0 saturated heterocycles. The second-order valence-corrected chi connectivity index (χ2v) is 4.03. The molecule has 0 saturated carbocycles. The number of rotatable bonds is 4. The number of nitrogens with zero attached hydrogens (tertiary/aromatic N) is 2. The van der Waals surface area contributed by atoms with Crippen LogP contribution < -0.4 is 5.32 Å². The number of nitrogens with one attached hydrogen (secondary N) is 1. The van der Waals surface area contributed by atoms with Gasteiger partial charge in [0.2, 0.25) is 0 Å². The highest BCUT2D eigenvalue weighted by Crippen LogP contribution is 2.14. The Bertz CT molecular complexity index is 485. The average Bonchev–Trinajstić information content (AvgIpc) is 2.63. The lowest BCUT2D eigenvalue weighted by Gasteiger charge is -2.02. The van der Waals surface area contributed by atoms with Gasteiger partial charge in [-0.25, -0.2) is 4.98 Å². The average molecular weight is 217 g/mol. The fourth-order valence-electron chi connectivity index (χ4n) is 1.94. The predicted molar refractivity (Wildman–Crippen MR) is 66.7 cm³/mol. The lowest BCUT2D eigenvalue weighted by Crippen LogP contribution is -2.12. The molecule has 2 aromatic heterocycles. The van der Waals surface area contributed by atoms with E-state index in [0.717, 1.165) is 31.0 Å². The second-order valence-electron chi connectivity index (χ2n) is 4.03. The number of aryl methyl sites for hydroxylation is 2. The number of aromatic nitrogens is 2. The van der Waals surface area contributed by atoms with Gasteiger partial charge in [0.15, 0.2) is 0 Å². The van der Waals surface area contributed by atoms with Gasteiger partial charge in [-0.3, -0.25) is 0 Å². The zero-order valence-electron chi connectivity index (χ0n) is 10.2. The minimum atomic E-state index is 0.847. The topological polar surface area (TPSA) is 29.3 Å². The van der Waals surface area contributed by atoms with Crippen molar-refractivity contribution in [2.45, 2.75) is 33.7 Å². The third kappa shape index (κ3) is 1.95. The van der Waals surface area contributed by atoms with Crippen LogP contribution >= 0.6 is 0 Å². The highest BCUT2D eigenvalue weighted by molar-refractivity contribution is 5.54. The molecule has 0 aliphatic carbocycles. The van der Waals surface area contributed by atoms with Crippen molar-refractivity contribution in [3.8, 4) is 0 Å². The van der Waals surface area contributed by atoms with E-state index in [4.69, 9.17) is 0 Å². The minimum Gasteiger partial charge on any atom is -0.311 e. The van der Waals surface area contributed by atoms with Gasteiger partial charge in [0.25, 0.3) is 0 Å². The first-order valence-corrected chi connectivity index (χ1v) is 5.93. The van der Waals surface area contributed by atoms with E-state index < -0.39 is 0 Å². The molecule has 0 aliphatic rings. The molecular weight excluding hydrogens is 198 g/mol. The first kappa shape index (κ1) is 11.1. The smallest absolute Gasteiger partial charge is 0.110 e. The number of fused-ring (bicyclic) bond motifs is 1. The zero-order valence-corrected chi connectivity index (χ0v) is 10.2. The van der Waals surface area contributed by atoms with E-state index in [9.17, 15) is 0 Å². The highest BCUT2D eigenvalue weighted by Gasteiger charge is 2.07. The summed E-state index contributed by atoms with van der Waals surface area (Å²) in [6, 6.07) is 4.36. The van der Waals surface area contributed by atoms with Crippen LogP contribution in [-0.2, 0) is 13.0 Å². The predicted octanol–water partition coefficient (Wildman–Crippen LogP) is 2.31. The third-order valence-electron chi connectivity index (χ3n) is 2.90. The molecule has 0 unspecified atom stereocenters. The van der Waals surface area contributed by atoms with Crippen LogP contribution in [0, 0.1) is 6.92 Å². The van der Waals surface area contributed by atoms with Crippen LogP contribution in [0.1, 0.15) is 30.9 Å². The second kappa shape index (κ2) is 4.66. The molecular formula is C13H19N3. The molecule has 0 aromatic carbocycles. The fourth-order valence-corrected chi connectivity index (χ4v) is 1.94. The molecule has 16 heavy (non-hydrogen) atoms. The van der Waals surface area contributed by atoms with Crippen molar-refractivity contribution in [1.82, 2.24) is 14.7 Å². The summed E-state index contributed by atoms with van der Waals surface area (Å²) >= 11 is 0. The van der Waals surface area contributed by atoms with Crippen LogP contribution in [0.4, 0.5) is 0 Å². The van der Waals surface area contributed by atoms with Gasteiger partial charge >= 0.3 is 0 Å². The number of hydrogen-bond acceptors (Lipinski definition) is 2. The van der Waals surface area contributed by atoms with Crippen LogP contribution in [-0.4, -0.2) is 15.9 Å². The molecule has 1 N–H and O–H groups in total. The van der Waals surface area contributed by atoms with E-state index in [-0.39, 0.29) is 0 Å². The lowest BCUT2D eigenvalue weighted by molar-refractivity contribution is 0.716. The quantitative estimate of drug-likeness (QED) is 0.851. The highest BCUT2D eigenvalue weighted by atomic mass is 15.0. The Hall–Kier alpha value is -1.35. The molecule has 0 atom stereocenters. The molecule has 0 bridgehead atoms. The molecule has 2 rings (SSSR count). The first-order chi connectivity index (χ1) is 7.76. The van der Waals surface area contributed by atoms with Crippen LogP contribution in [0.3, 0.4) is 0 Å². The fraction of sp³-hybridized carbons (Fsp3) is 0.462. The van der Waals surface area contributed by atoms with Crippen LogP contribution in [0.25, 0.3) is 5.52 Å². The summed E-state index contributed by atoms with van der Waals surface area (Å²) in [5.41, 5.74) is 3.71. The van der Waals surface area contributed by atoms with Crippen molar-refractivity contribution in [3.05, 3.63) is 35.4 Å². The molecule has 2 aromatic rings. The van der Waals surface area contributed by atoms with Gasteiger partial charge in [-0.1, -0.05) is 19.9 Å². The molecule has 0 spiro atoms. The summed E-state index contributed by atoms with van der Waals surface area (Å²) in [4.78, 5) is 4.60. The largest absolute Gasteiger partial charge is 0.311 e. The summed E-state index contributed by atoms with van der Waals surface area (Å²) in [6.45, 7) is 8.17. The Morgan fingerprint density at radius 2 is 2.12 bits per heavy atom. The van der Waals surface area contributed by atoms with Gasteiger partial charge < -0.3 is 9.72 Å². The summed E-state index contributed by atoms with van der Waals surface area (Å²) < 4.78 is 2.19. The summed E-state index contributed by atoms with van der Waals surface area (Å²) in [6.07, 6.45) is 3.25. The van der Waals surface area contributed by atoms with Gasteiger partial charge in [-0.15, -0.1) is 0 Å². The van der Waals surface area contributed by atoms with Crippen LogP contribution in [0.5, 0.6) is 0 Å². The maximum atomic E-state index is 4.60. The van der Waals surface area contributed by atoms with E-state index in [0.29, 0.717) is 0 Å². The normalized spacial score (nSPS) is 11.2. The lowest BCUT2D eigenvalue weighted by atomic mass is 10.2. The molecule has 2 heterocycles. The summed E-state index contributed by atoms with van der Waals surface area (Å²) in [5.74, 6) is 1.07. The number of imidazole rings is 1. The first-order valence-electron chi connectivity index (χ1n) is 5.93. The Morgan fingerprint density at radius 3 is 2.81 bits per heavy atom. The van der Waals surface area contributed by atoms with E-state index in [1.165, 1.54) is 11.1 Å². The Labute approximate surface area is 96.5 Å². The maximum absolute atomic E-state index is 4.60. The number of hydrogen-bond donors (Lipinski definition) is 1. The Kier molecular flexibility index (Phi) is 3.25. The molecule has 0 aliphatic heterocycles. The van der Waals surface area contributed by atoms with Crippen molar-refractivity contribution < 1.29 is 0 Å². The standard InChI is InChI=1S/C13H19N3/c1-4-11-6-7-13-12(8-14-5-2)15-10(3)16(13)9-11/h6-7,9,14H,4-5,8H2,1-3H3. The van der Waals surface area contributed by atoms with Crippen molar-refractivity contribution in [1.29, 1.82) is 0 Å². The molecule has 3 nitrogen and oxygen atoms in total. The monoisotopic (exact) mass is 217 g/mol. The van der Waals surface area contributed by atoms with Crippen LogP contribution in [0.2, 0.25) is 0 Å². The van der Waals surface area contributed by atoms with Gasteiger partial charge in [0.05, 0.1) is 11.2 Å². The maximum Gasteiger partial charge on any atom is 0.110 e. The molecule has 0 amide bonds. The zero-order chi connectivity index (χ0) is 11.5. The number of pyridine rings is 1. The van der Waals surface area contributed by atoms with E-state index in [2.05, 4.69) is 53.8 Å². The van der Waals surface area contributed by atoms with E-state index in [1.807, 2.05) is 0 Å². The van der Waals surface area contributed by atoms with Crippen LogP contribution in [0.15, 0.2) is 18.3 Å². The summed E-state index contributed by atoms with van der Waals surface area (Å²) in [7, 11) is 0. The van der Waals surface area contributed by atoms with E-state index >= 15 is 0 Å². The molecule has 0 fully saturated rings. The SMILES string of the molecule is CCNCc1nc(C)n2cc(CC)ccc12. The Balaban J connectivity index is 2.45. The van der Waals surface area contributed by atoms with Gasteiger partial charge in [0, 0.05) is 12.7 Å². The molecule has 86 valence electrons. The summed E-state index contributed by atoms with van der Waals surface area (Å²) in [5, 5.41) is 3.32. The van der Waals surface area contributed by atoms with Crippen molar-refractivity contribution >= 4 is 5.52 Å². The van der Waals surface area contributed by atoms with Gasteiger partial charge in [0.1, 0.15) is 5.82 Å². The van der Waals surface area contributed by atoms with Gasteiger partial charge in [-0.05, 0) is 31.5 Å². The van der Waals surface area contributed by atoms with E-state index in [1.54, 1.807) is 0 Å². The van der Waals surface area contributed by atoms with Gasteiger partial charge in [-0.2, -0.15) is 0 Å². The Morgan fingerprint density at radius 1 is 1.31 bits per heavy atom. The van der Waals surface area contributed by atoms with Crippen molar-refractivity contribution in [3.63, 3.8) is 0 Å². The molecule has 3 heteroatoms. The van der Waals surface area contributed by atoms with Crippen molar-refractivity contribution in [2.24, 2.45) is 0 Å².